The van der Waals surface area contributed by atoms with Crippen LogP contribution in [0.3, 0.4) is 0 Å². The van der Waals surface area contributed by atoms with Crippen LogP contribution in [0.2, 0.25) is 0 Å². The Labute approximate surface area is 117 Å². The third kappa shape index (κ3) is 3.02. The Kier molecular flexibility index (Phi) is 4.46. The van der Waals surface area contributed by atoms with Crippen LogP contribution >= 0.6 is 0 Å². The van der Waals surface area contributed by atoms with Crippen LogP contribution in [0.4, 0.5) is 4.79 Å². The SMILES string of the molecule is COC(=O)C1CCN(C(=O)NC2CCCC2C(=O)O)C1. The standard InChI is InChI=1S/C13H20N2O5/c1-20-12(18)8-5-6-15(7-8)13(19)14-10-4-2-3-9(10)11(16)17/h8-10H,2-7H2,1H3,(H,14,19)(H,16,17). The van der Waals surface area contributed by atoms with Crippen molar-refractivity contribution >= 4 is 18.0 Å². The zero-order valence-corrected chi connectivity index (χ0v) is 11.5. The lowest BCUT2D eigenvalue weighted by atomic mass is 10.0. The van der Waals surface area contributed by atoms with Gasteiger partial charge in [-0.1, -0.05) is 6.42 Å². The van der Waals surface area contributed by atoms with Crippen LogP contribution in [0.1, 0.15) is 25.7 Å². The average molecular weight is 284 g/mol. The van der Waals surface area contributed by atoms with Crippen molar-refractivity contribution in [2.45, 2.75) is 31.7 Å². The number of likely N-dealkylation sites (tertiary alicyclic amines) is 1. The topological polar surface area (TPSA) is 95.9 Å². The number of ether oxygens (including phenoxy) is 1. The lowest BCUT2D eigenvalue weighted by molar-refractivity contribution is -0.145. The summed E-state index contributed by atoms with van der Waals surface area (Å²) in [7, 11) is 1.33. The minimum Gasteiger partial charge on any atom is -0.481 e. The fraction of sp³-hybridized carbons (Fsp3) is 0.769. The summed E-state index contributed by atoms with van der Waals surface area (Å²) in [5, 5.41) is 11.9. The van der Waals surface area contributed by atoms with Crippen LogP contribution in [0.15, 0.2) is 0 Å². The Hall–Kier alpha value is -1.79. The highest BCUT2D eigenvalue weighted by Gasteiger charge is 2.37. The van der Waals surface area contributed by atoms with Gasteiger partial charge in [0.2, 0.25) is 0 Å². The fourth-order valence-electron chi connectivity index (χ4n) is 2.98. The summed E-state index contributed by atoms with van der Waals surface area (Å²) >= 11 is 0. The number of carbonyl (C=O) groups is 3. The molecular formula is C13H20N2O5. The number of urea groups is 1. The molecule has 112 valence electrons. The van der Waals surface area contributed by atoms with Gasteiger partial charge in [-0.15, -0.1) is 0 Å². The number of aliphatic carboxylic acids is 1. The molecule has 1 aliphatic carbocycles. The molecule has 0 aromatic rings. The van der Waals surface area contributed by atoms with Gasteiger partial charge in [-0.05, 0) is 19.3 Å². The molecule has 2 fully saturated rings. The van der Waals surface area contributed by atoms with Gasteiger partial charge >= 0.3 is 18.0 Å². The summed E-state index contributed by atoms with van der Waals surface area (Å²) in [6, 6.07) is -0.591. The van der Waals surface area contributed by atoms with E-state index >= 15 is 0 Å². The number of hydrogen-bond acceptors (Lipinski definition) is 4. The van der Waals surface area contributed by atoms with Crippen molar-refractivity contribution in [1.29, 1.82) is 0 Å². The quantitative estimate of drug-likeness (QED) is 0.733. The van der Waals surface area contributed by atoms with E-state index in [1.165, 1.54) is 7.11 Å². The van der Waals surface area contributed by atoms with Crippen LogP contribution in [0.25, 0.3) is 0 Å². The molecular weight excluding hydrogens is 264 g/mol. The molecule has 20 heavy (non-hydrogen) atoms. The number of carboxylic acids is 1. The Morgan fingerprint density at radius 2 is 2.00 bits per heavy atom. The first-order valence-electron chi connectivity index (χ1n) is 6.89. The molecule has 3 unspecified atom stereocenters. The number of carbonyl (C=O) groups excluding carboxylic acids is 2. The maximum atomic E-state index is 12.1. The number of rotatable bonds is 3. The number of methoxy groups -OCH3 is 1. The van der Waals surface area contributed by atoms with Gasteiger partial charge in [0.25, 0.3) is 0 Å². The largest absolute Gasteiger partial charge is 0.481 e. The molecule has 2 amide bonds. The first kappa shape index (κ1) is 14.6. The van der Waals surface area contributed by atoms with Gasteiger partial charge in [-0.25, -0.2) is 4.79 Å². The lowest BCUT2D eigenvalue weighted by Gasteiger charge is -2.22. The minimum atomic E-state index is -0.860. The van der Waals surface area contributed by atoms with Crippen molar-refractivity contribution in [2.75, 3.05) is 20.2 Å². The van der Waals surface area contributed by atoms with Crippen LogP contribution in [0, 0.1) is 11.8 Å². The zero-order valence-electron chi connectivity index (χ0n) is 11.5. The number of hydrogen-bond donors (Lipinski definition) is 2. The van der Waals surface area contributed by atoms with Crippen LogP contribution in [-0.2, 0) is 14.3 Å². The monoisotopic (exact) mass is 284 g/mol. The van der Waals surface area contributed by atoms with E-state index in [1.807, 2.05) is 0 Å². The van der Waals surface area contributed by atoms with Gasteiger partial charge in [0.05, 0.1) is 18.9 Å². The van der Waals surface area contributed by atoms with Crippen molar-refractivity contribution in [3.05, 3.63) is 0 Å². The Morgan fingerprint density at radius 3 is 2.65 bits per heavy atom. The van der Waals surface area contributed by atoms with E-state index in [9.17, 15) is 14.4 Å². The third-order valence-corrected chi connectivity index (χ3v) is 4.15. The summed E-state index contributed by atoms with van der Waals surface area (Å²) < 4.78 is 4.67. The molecule has 0 aromatic carbocycles. The third-order valence-electron chi connectivity index (χ3n) is 4.15. The molecule has 1 saturated carbocycles. The maximum Gasteiger partial charge on any atom is 0.317 e. The van der Waals surface area contributed by atoms with E-state index in [0.717, 1.165) is 6.42 Å². The lowest BCUT2D eigenvalue weighted by Crippen LogP contribution is -2.46. The van der Waals surface area contributed by atoms with E-state index in [2.05, 4.69) is 10.1 Å². The van der Waals surface area contributed by atoms with Crippen LogP contribution < -0.4 is 5.32 Å². The number of nitrogens with one attached hydrogen (secondary N) is 1. The van der Waals surface area contributed by atoms with E-state index in [-0.39, 0.29) is 24.0 Å². The van der Waals surface area contributed by atoms with E-state index in [0.29, 0.717) is 32.4 Å². The number of amides is 2. The highest BCUT2D eigenvalue weighted by molar-refractivity contribution is 5.79. The molecule has 0 bridgehead atoms. The van der Waals surface area contributed by atoms with Gasteiger partial charge in [0, 0.05) is 19.1 Å². The van der Waals surface area contributed by atoms with E-state index < -0.39 is 11.9 Å². The number of esters is 1. The minimum absolute atomic E-state index is 0.274. The van der Waals surface area contributed by atoms with Crippen LogP contribution in [0.5, 0.6) is 0 Å². The molecule has 0 radical (unpaired) electrons. The predicted molar refractivity (Wildman–Crippen MR) is 69.0 cm³/mol. The summed E-state index contributed by atoms with van der Waals surface area (Å²) in [6.07, 6.45) is 2.70. The molecule has 1 heterocycles. The molecule has 0 spiro atoms. The summed E-state index contributed by atoms with van der Waals surface area (Å²) in [5.41, 5.74) is 0. The molecule has 0 aromatic heterocycles. The molecule has 1 aliphatic heterocycles. The smallest absolute Gasteiger partial charge is 0.317 e. The molecule has 3 atom stereocenters. The average Bonchev–Trinajstić information content (AvgIpc) is 3.06. The van der Waals surface area contributed by atoms with Crippen molar-refractivity contribution < 1.29 is 24.2 Å². The Morgan fingerprint density at radius 1 is 1.25 bits per heavy atom. The highest BCUT2D eigenvalue weighted by Crippen LogP contribution is 2.26. The first-order chi connectivity index (χ1) is 9.52. The van der Waals surface area contributed by atoms with Gasteiger partial charge in [0.15, 0.2) is 0 Å². The van der Waals surface area contributed by atoms with E-state index in [4.69, 9.17) is 5.11 Å². The summed E-state index contributed by atoms with van der Waals surface area (Å²) in [4.78, 5) is 36.1. The number of carboxylic acid groups (broad SMARTS) is 1. The normalized spacial score (nSPS) is 29.2. The maximum absolute atomic E-state index is 12.1. The zero-order chi connectivity index (χ0) is 14.7. The van der Waals surface area contributed by atoms with Gasteiger partial charge in [-0.2, -0.15) is 0 Å². The second-order valence-corrected chi connectivity index (χ2v) is 5.39. The number of nitrogens with zero attached hydrogens (tertiary/aromatic N) is 1. The molecule has 7 heteroatoms. The van der Waals surface area contributed by atoms with Crippen LogP contribution in [-0.4, -0.2) is 54.2 Å². The Balaban J connectivity index is 1.87. The van der Waals surface area contributed by atoms with Gasteiger partial charge in [-0.3, -0.25) is 9.59 Å². The molecule has 2 rings (SSSR count). The van der Waals surface area contributed by atoms with Crippen molar-refractivity contribution in [3.63, 3.8) is 0 Å². The second-order valence-electron chi connectivity index (χ2n) is 5.39. The van der Waals surface area contributed by atoms with Crippen molar-refractivity contribution in [2.24, 2.45) is 11.8 Å². The molecule has 1 saturated heterocycles. The van der Waals surface area contributed by atoms with Crippen molar-refractivity contribution in [1.82, 2.24) is 10.2 Å². The Bertz CT molecular complexity index is 412. The molecule has 2 aliphatic rings. The highest BCUT2D eigenvalue weighted by atomic mass is 16.5. The summed E-state index contributed by atoms with van der Waals surface area (Å²) in [6.45, 7) is 0.832. The van der Waals surface area contributed by atoms with E-state index in [1.54, 1.807) is 4.90 Å². The van der Waals surface area contributed by atoms with Crippen molar-refractivity contribution in [3.8, 4) is 0 Å². The van der Waals surface area contributed by atoms with Gasteiger partial charge < -0.3 is 20.1 Å². The molecule has 7 nitrogen and oxygen atoms in total. The van der Waals surface area contributed by atoms with Gasteiger partial charge in [0.1, 0.15) is 0 Å². The second kappa shape index (κ2) is 6.11. The molecule has 2 N–H and O–H groups in total. The predicted octanol–water partition coefficient (Wildman–Crippen LogP) is 0.444. The summed E-state index contributed by atoms with van der Waals surface area (Å²) in [5.74, 6) is -1.94. The fourth-order valence-corrected chi connectivity index (χ4v) is 2.98. The first-order valence-corrected chi connectivity index (χ1v) is 6.89.